The van der Waals surface area contributed by atoms with E-state index < -0.39 is 0 Å². The maximum atomic E-state index is 8.61. The van der Waals surface area contributed by atoms with Crippen LogP contribution in [0.15, 0.2) is 47.6 Å². The Bertz CT molecular complexity index is 1060. The summed E-state index contributed by atoms with van der Waals surface area (Å²) in [6, 6.07) is 15.8. The number of hydrogen-bond acceptors (Lipinski definition) is 8. The molecule has 0 spiro atoms. The van der Waals surface area contributed by atoms with Gasteiger partial charge >= 0.3 is 0 Å². The van der Waals surface area contributed by atoms with Crippen LogP contribution in [0.3, 0.4) is 0 Å². The van der Waals surface area contributed by atoms with Crippen LogP contribution in [-0.2, 0) is 0 Å². The number of rotatable bonds is 5. The molecule has 0 unspecified atom stereocenters. The van der Waals surface area contributed by atoms with E-state index in [-0.39, 0.29) is 22.5 Å². The summed E-state index contributed by atoms with van der Waals surface area (Å²) in [6.07, 6.45) is 1.59. The van der Waals surface area contributed by atoms with Crippen LogP contribution in [0, 0.1) is 22.1 Å². The second kappa shape index (κ2) is 7.42. The molecule has 0 bridgehead atoms. The molecule has 0 aliphatic rings. The zero-order valence-corrected chi connectivity index (χ0v) is 13.8. The van der Waals surface area contributed by atoms with Crippen LogP contribution in [0.25, 0.3) is 10.8 Å². The van der Waals surface area contributed by atoms with E-state index in [1.165, 1.54) is 0 Å². The van der Waals surface area contributed by atoms with Crippen molar-refractivity contribution in [2.24, 2.45) is 5.10 Å². The summed E-state index contributed by atoms with van der Waals surface area (Å²) in [5, 5.41) is 38.7. The summed E-state index contributed by atoms with van der Waals surface area (Å²) in [5.74, 6) is 0. The molecule has 0 atom stereocenters. The number of nitriles is 1. The van der Waals surface area contributed by atoms with Crippen LogP contribution in [0.1, 0.15) is 17.7 Å². The average molecular weight is 347 g/mol. The van der Waals surface area contributed by atoms with Crippen molar-refractivity contribution in [1.82, 2.24) is 10.2 Å². The Balaban J connectivity index is 1.78. The van der Waals surface area contributed by atoms with Crippen LogP contribution in [0.5, 0.6) is 0 Å². The highest BCUT2D eigenvalue weighted by molar-refractivity contribution is 7.13. The highest BCUT2D eigenvalue weighted by Gasteiger charge is 2.08. The van der Waals surface area contributed by atoms with Gasteiger partial charge in [0.25, 0.3) is 0 Å². The summed E-state index contributed by atoms with van der Waals surface area (Å²) in [7, 11) is 0. The van der Waals surface area contributed by atoms with E-state index in [2.05, 4.69) is 20.7 Å². The van der Waals surface area contributed by atoms with Gasteiger partial charge in [-0.1, -0.05) is 53.8 Å². The lowest BCUT2D eigenvalue weighted by Gasteiger charge is -2.02. The molecule has 0 saturated carbocycles. The zero-order valence-electron chi connectivity index (χ0n) is 13.0. The predicted octanol–water partition coefficient (Wildman–Crippen LogP) is 2.90. The Labute approximate surface area is 147 Å². The maximum Gasteiger partial charge on any atom is 0.226 e. The summed E-state index contributed by atoms with van der Waals surface area (Å²) in [5.41, 5.74) is 3.82. The third-order valence-corrected chi connectivity index (χ3v) is 4.15. The molecule has 1 heterocycles. The summed E-state index contributed by atoms with van der Waals surface area (Å²) < 4.78 is 0.0677. The summed E-state index contributed by atoms with van der Waals surface area (Å²) in [6.45, 7) is 0. The Hall–Kier alpha value is -3.44. The van der Waals surface area contributed by atoms with Crippen LogP contribution in [0.2, 0.25) is 0 Å². The van der Waals surface area contributed by atoms with E-state index in [9.17, 15) is 0 Å². The van der Waals surface area contributed by atoms with Gasteiger partial charge < -0.3 is 5.41 Å². The van der Waals surface area contributed by atoms with Gasteiger partial charge in [-0.3, -0.25) is 10.8 Å². The number of fused-ring (bicyclic) bond motifs is 1. The standard InChI is InChI=1S/C17H13N7S/c18-9-8-14(19)15-16(20)25-17(24-22-15)23-21-10-12-6-3-5-11-4-1-2-7-13(11)12/h1-7,10,19-20H,8H2,(H,23,24)/b19-14?,20-16?,21-10+. The van der Waals surface area contributed by atoms with E-state index in [0.717, 1.165) is 27.7 Å². The van der Waals surface area contributed by atoms with Gasteiger partial charge in [0.15, 0.2) is 0 Å². The van der Waals surface area contributed by atoms with Gasteiger partial charge in [0, 0.05) is 5.56 Å². The molecule has 1 aromatic heterocycles. The van der Waals surface area contributed by atoms with Crippen LogP contribution < -0.4 is 10.1 Å². The molecular weight excluding hydrogens is 334 g/mol. The Morgan fingerprint density at radius 1 is 1.24 bits per heavy atom. The molecule has 0 saturated heterocycles. The Morgan fingerprint density at radius 2 is 2.04 bits per heavy atom. The van der Waals surface area contributed by atoms with Gasteiger partial charge in [-0.15, -0.1) is 10.2 Å². The average Bonchev–Trinajstić information content (AvgIpc) is 2.62. The van der Waals surface area contributed by atoms with E-state index in [0.29, 0.717) is 5.13 Å². The smallest absolute Gasteiger partial charge is 0.226 e. The molecule has 122 valence electrons. The molecule has 0 radical (unpaired) electrons. The number of anilines is 1. The summed E-state index contributed by atoms with van der Waals surface area (Å²) >= 11 is 1.01. The van der Waals surface area contributed by atoms with Gasteiger partial charge in [-0.25, -0.2) is 0 Å². The number of nitrogens with one attached hydrogen (secondary N) is 3. The second-order valence-electron chi connectivity index (χ2n) is 5.04. The van der Waals surface area contributed by atoms with Gasteiger partial charge in [0.1, 0.15) is 10.4 Å². The first-order chi connectivity index (χ1) is 12.2. The third-order valence-electron chi connectivity index (χ3n) is 3.38. The van der Waals surface area contributed by atoms with Crippen molar-refractivity contribution in [1.29, 1.82) is 16.1 Å². The first-order valence-corrected chi connectivity index (χ1v) is 8.14. The molecule has 0 fully saturated rings. The highest BCUT2D eigenvalue weighted by atomic mass is 32.1. The van der Waals surface area contributed by atoms with Crippen LogP contribution in [-0.4, -0.2) is 22.1 Å². The normalized spacial score (nSPS) is 10.7. The fraction of sp³-hybridized carbons (Fsp3) is 0.0588. The third kappa shape index (κ3) is 3.73. The highest BCUT2D eigenvalue weighted by Crippen LogP contribution is 2.17. The van der Waals surface area contributed by atoms with Gasteiger partial charge in [0.2, 0.25) is 5.13 Å². The lowest BCUT2D eigenvalue weighted by molar-refractivity contribution is 1.00. The first-order valence-electron chi connectivity index (χ1n) is 7.33. The van der Waals surface area contributed by atoms with Crippen LogP contribution >= 0.6 is 11.3 Å². The number of hydrazone groups is 1. The van der Waals surface area contributed by atoms with Crippen molar-refractivity contribution in [3.8, 4) is 6.07 Å². The van der Waals surface area contributed by atoms with Crippen molar-refractivity contribution in [3.05, 3.63) is 58.4 Å². The fourth-order valence-electron chi connectivity index (χ4n) is 2.23. The van der Waals surface area contributed by atoms with Gasteiger partial charge in [0.05, 0.1) is 24.4 Å². The van der Waals surface area contributed by atoms with Crippen molar-refractivity contribution < 1.29 is 0 Å². The monoisotopic (exact) mass is 347 g/mol. The van der Waals surface area contributed by atoms with E-state index in [4.69, 9.17) is 16.1 Å². The Kier molecular flexibility index (Phi) is 4.87. The quantitative estimate of drug-likeness (QED) is 0.485. The first kappa shape index (κ1) is 16.4. The molecule has 3 aromatic rings. The van der Waals surface area contributed by atoms with Crippen molar-refractivity contribution in [2.75, 3.05) is 5.43 Å². The molecule has 0 aliphatic carbocycles. The number of hydrogen-bond donors (Lipinski definition) is 3. The fourth-order valence-corrected chi connectivity index (χ4v) is 2.87. The molecule has 7 nitrogen and oxygen atoms in total. The SMILES string of the molecule is N#CCC(=N)c1nnc(N/N=C/c2cccc3ccccc23)sc1=N. The lowest BCUT2D eigenvalue weighted by Crippen LogP contribution is -2.16. The number of nitrogens with zero attached hydrogens (tertiary/aromatic N) is 4. The van der Waals surface area contributed by atoms with E-state index in [1.54, 1.807) is 6.21 Å². The van der Waals surface area contributed by atoms with Crippen molar-refractivity contribution >= 4 is 39.2 Å². The molecule has 0 aliphatic heterocycles. The Morgan fingerprint density at radius 3 is 2.84 bits per heavy atom. The molecule has 3 rings (SSSR count). The minimum absolute atomic E-state index is 0.0120. The van der Waals surface area contributed by atoms with Crippen molar-refractivity contribution in [2.45, 2.75) is 6.42 Å². The van der Waals surface area contributed by atoms with Crippen molar-refractivity contribution in [3.63, 3.8) is 0 Å². The molecule has 25 heavy (non-hydrogen) atoms. The molecule has 3 N–H and O–H groups in total. The zero-order chi connectivity index (χ0) is 17.6. The predicted molar refractivity (Wildman–Crippen MR) is 98.0 cm³/mol. The largest absolute Gasteiger partial charge is 0.302 e. The van der Waals surface area contributed by atoms with E-state index >= 15 is 0 Å². The summed E-state index contributed by atoms with van der Waals surface area (Å²) in [4.78, 5) is 0. The lowest BCUT2D eigenvalue weighted by atomic mass is 10.1. The second-order valence-corrected chi connectivity index (χ2v) is 6.04. The minimum Gasteiger partial charge on any atom is -0.302 e. The maximum absolute atomic E-state index is 8.61. The van der Waals surface area contributed by atoms with Gasteiger partial charge in [-0.05, 0) is 10.8 Å². The molecule has 0 amide bonds. The molecular formula is C17H13N7S. The topological polar surface area (TPSA) is 122 Å². The van der Waals surface area contributed by atoms with Crippen LogP contribution in [0.4, 0.5) is 5.13 Å². The molecule has 2 aromatic carbocycles. The van der Waals surface area contributed by atoms with E-state index in [1.807, 2.05) is 48.5 Å². The number of aromatic nitrogens is 2. The minimum atomic E-state index is -0.0979. The van der Waals surface area contributed by atoms with Gasteiger partial charge in [-0.2, -0.15) is 10.4 Å². The number of benzene rings is 2. The molecule has 8 heteroatoms.